The number of unbranched alkanes of at least 4 members (excludes halogenated alkanes) is 6. The zero-order valence-electron chi connectivity index (χ0n) is 16.2. The van der Waals surface area contributed by atoms with E-state index in [1.54, 1.807) is 0 Å². The van der Waals surface area contributed by atoms with Crippen LogP contribution in [-0.4, -0.2) is 24.2 Å². The molecule has 0 bridgehead atoms. The van der Waals surface area contributed by atoms with Crippen molar-refractivity contribution in [3.8, 4) is 0 Å². The van der Waals surface area contributed by atoms with Gasteiger partial charge in [0.1, 0.15) is 0 Å². The Morgan fingerprint density at radius 3 is 2.00 bits per heavy atom. The summed E-state index contributed by atoms with van der Waals surface area (Å²) in [7, 11) is 0. The highest BCUT2D eigenvalue weighted by Gasteiger charge is 1.95. The third-order valence-electron chi connectivity index (χ3n) is 4.00. The minimum atomic E-state index is -0.701. The molecule has 0 saturated heterocycles. The summed E-state index contributed by atoms with van der Waals surface area (Å²) < 4.78 is 0. The first-order valence-electron chi connectivity index (χ1n) is 10.1. The van der Waals surface area contributed by atoms with Gasteiger partial charge in [-0.15, -0.1) is 0 Å². The van der Waals surface area contributed by atoms with Crippen LogP contribution in [0, 0.1) is 0 Å². The van der Waals surface area contributed by atoms with Gasteiger partial charge >= 0.3 is 5.97 Å². The van der Waals surface area contributed by atoms with Crippen molar-refractivity contribution in [2.24, 2.45) is 0 Å². The van der Waals surface area contributed by atoms with Gasteiger partial charge in [-0.25, -0.2) is 0 Å². The van der Waals surface area contributed by atoms with Crippen LogP contribution >= 0.6 is 0 Å². The van der Waals surface area contributed by atoms with Gasteiger partial charge in [0.15, 0.2) is 0 Å². The van der Waals surface area contributed by atoms with E-state index in [0.29, 0.717) is 0 Å². The van der Waals surface area contributed by atoms with Crippen molar-refractivity contribution in [2.75, 3.05) is 13.1 Å². The smallest absolute Gasteiger partial charge is 0.303 e. The molecule has 0 spiro atoms. The Morgan fingerprint density at radius 2 is 1.32 bits per heavy atom. The van der Waals surface area contributed by atoms with Crippen molar-refractivity contribution < 1.29 is 9.90 Å². The largest absolute Gasteiger partial charge is 0.481 e. The van der Waals surface area contributed by atoms with E-state index in [4.69, 9.17) is 5.11 Å². The number of allylic oxidation sites excluding steroid dienone is 6. The quantitative estimate of drug-likeness (QED) is 0.235. The molecule has 0 aromatic heterocycles. The molecule has 0 fully saturated rings. The van der Waals surface area contributed by atoms with E-state index in [-0.39, 0.29) is 6.42 Å². The second-order valence-electron chi connectivity index (χ2n) is 6.45. The van der Waals surface area contributed by atoms with Crippen molar-refractivity contribution in [2.45, 2.75) is 84.0 Å². The Bertz CT molecular complexity index is 372. The lowest BCUT2D eigenvalue weighted by Gasteiger charge is -2.03. The molecule has 0 aliphatic carbocycles. The molecular formula is C22H39NO2. The molecular weight excluding hydrogens is 310 g/mol. The third kappa shape index (κ3) is 22.6. The van der Waals surface area contributed by atoms with Gasteiger partial charge in [-0.2, -0.15) is 0 Å². The van der Waals surface area contributed by atoms with Gasteiger partial charge in [0.05, 0.1) is 0 Å². The van der Waals surface area contributed by atoms with E-state index in [2.05, 4.69) is 48.7 Å². The van der Waals surface area contributed by atoms with Crippen LogP contribution in [-0.2, 0) is 4.79 Å². The van der Waals surface area contributed by atoms with Crippen LogP contribution in [0.4, 0.5) is 0 Å². The molecule has 0 heterocycles. The number of aliphatic carboxylic acids is 1. The van der Waals surface area contributed by atoms with Gasteiger partial charge in [0.2, 0.25) is 0 Å². The van der Waals surface area contributed by atoms with E-state index < -0.39 is 5.97 Å². The maximum atomic E-state index is 10.4. The molecule has 0 unspecified atom stereocenters. The standard InChI is InChI=1S/C22H39NO2/c1-2-3-4-5-6-7-8-9-10-11-12-13-14-15-16-17-20-23-21-18-19-22(24)25/h3-4,6-7,9-10,23H,2,5,8,11-21H2,1H3,(H,24,25). The van der Waals surface area contributed by atoms with Gasteiger partial charge in [-0.05, 0) is 58.0 Å². The molecule has 0 rings (SSSR count). The summed E-state index contributed by atoms with van der Waals surface area (Å²) in [6.45, 7) is 4.00. The Kier molecular flexibility index (Phi) is 19.6. The van der Waals surface area contributed by atoms with Crippen LogP contribution in [0.3, 0.4) is 0 Å². The number of carboxylic acid groups (broad SMARTS) is 1. The number of hydrogen-bond donors (Lipinski definition) is 2. The Labute approximate surface area is 155 Å². The maximum Gasteiger partial charge on any atom is 0.303 e. The Balaban J connectivity index is 3.17. The molecule has 0 aliphatic heterocycles. The predicted molar refractivity (Wildman–Crippen MR) is 109 cm³/mol. The van der Waals surface area contributed by atoms with E-state index in [9.17, 15) is 4.79 Å². The lowest BCUT2D eigenvalue weighted by molar-refractivity contribution is -0.137. The summed E-state index contributed by atoms with van der Waals surface area (Å²) in [6.07, 6.45) is 26.7. The van der Waals surface area contributed by atoms with Gasteiger partial charge < -0.3 is 10.4 Å². The average Bonchev–Trinajstić information content (AvgIpc) is 2.60. The summed E-state index contributed by atoms with van der Waals surface area (Å²) in [4.78, 5) is 10.4. The van der Waals surface area contributed by atoms with Gasteiger partial charge in [-0.1, -0.05) is 69.1 Å². The SMILES string of the molecule is CCC=CCC=CCC=CCCCCCCCCNCCCC(=O)O. The summed E-state index contributed by atoms with van der Waals surface area (Å²) in [5, 5.41) is 11.8. The molecule has 0 aliphatic rings. The van der Waals surface area contributed by atoms with Crippen LogP contribution in [0.15, 0.2) is 36.5 Å². The Morgan fingerprint density at radius 1 is 0.760 bits per heavy atom. The van der Waals surface area contributed by atoms with Crippen molar-refractivity contribution in [1.29, 1.82) is 0 Å². The molecule has 0 amide bonds. The molecule has 0 aromatic carbocycles. The van der Waals surface area contributed by atoms with Gasteiger partial charge in [0, 0.05) is 6.42 Å². The minimum absolute atomic E-state index is 0.272. The fourth-order valence-electron chi connectivity index (χ4n) is 2.54. The first-order chi connectivity index (χ1) is 12.3. The number of rotatable bonds is 18. The molecule has 3 nitrogen and oxygen atoms in total. The molecule has 2 N–H and O–H groups in total. The first kappa shape index (κ1) is 23.6. The predicted octanol–water partition coefficient (Wildman–Crippen LogP) is 6.03. The monoisotopic (exact) mass is 349 g/mol. The van der Waals surface area contributed by atoms with Crippen molar-refractivity contribution in [3.05, 3.63) is 36.5 Å². The Hall–Kier alpha value is -1.35. The topological polar surface area (TPSA) is 49.3 Å². The molecule has 3 heteroatoms. The maximum absolute atomic E-state index is 10.4. The normalized spacial score (nSPS) is 12.0. The zero-order valence-corrected chi connectivity index (χ0v) is 16.2. The molecule has 25 heavy (non-hydrogen) atoms. The highest BCUT2D eigenvalue weighted by atomic mass is 16.4. The number of nitrogens with one attached hydrogen (secondary N) is 1. The molecule has 0 aromatic rings. The van der Waals surface area contributed by atoms with Gasteiger partial charge in [-0.3, -0.25) is 4.79 Å². The molecule has 0 atom stereocenters. The molecule has 0 radical (unpaired) electrons. The van der Waals surface area contributed by atoms with Crippen molar-refractivity contribution in [3.63, 3.8) is 0 Å². The third-order valence-corrected chi connectivity index (χ3v) is 4.00. The molecule has 144 valence electrons. The summed E-state index contributed by atoms with van der Waals surface area (Å²) in [5.41, 5.74) is 0. The van der Waals surface area contributed by atoms with Crippen LogP contribution < -0.4 is 5.32 Å². The lowest BCUT2D eigenvalue weighted by Crippen LogP contribution is -2.17. The van der Waals surface area contributed by atoms with Crippen molar-refractivity contribution in [1.82, 2.24) is 5.32 Å². The van der Waals surface area contributed by atoms with E-state index in [0.717, 1.165) is 38.8 Å². The van der Waals surface area contributed by atoms with E-state index in [1.807, 2.05) is 0 Å². The van der Waals surface area contributed by atoms with Gasteiger partial charge in [0.25, 0.3) is 0 Å². The van der Waals surface area contributed by atoms with Crippen molar-refractivity contribution >= 4 is 5.97 Å². The minimum Gasteiger partial charge on any atom is -0.481 e. The fraction of sp³-hybridized carbons (Fsp3) is 0.682. The highest BCUT2D eigenvalue weighted by molar-refractivity contribution is 5.66. The summed E-state index contributed by atoms with van der Waals surface area (Å²) in [5.74, 6) is -0.701. The lowest BCUT2D eigenvalue weighted by atomic mass is 10.1. The number of carboxylic acids is 1. The summed E-state index contributed by atoms with van der Waals surface area (Å²) in [6, 6.07) is 0. The molecule has 0 saturated carbocycles. The van der Waals surface area contributed by atoms with Crippen LogP contribution in [0.5, 0.6) is 0 Å². The second-order valence-corrected chi connectivity index (χ2v) is 6.45. The van der Waals surface area contributed by atoms with E-state index >= 15 is 0 Å². The zero-order chi connectivity index (χ0) is 18.4. The van der Waals surface area contributed by atoms with Crippen LogP contribution in [0.2, 0.25) is 0 Å². The number of carbonyl (C=O) groups is 1. The number of hydrogen-bond acceptors (Lipinski definition) is 2. The van der Waals surface area contributed by atoms with E-state index in [1.165, 1.54) is 44.9 Å². The average molecular weight is 350 g/mol. The summed E-state index contributed by atoms with van der Waals surface area (Å²) >= 11 is 0. The van der Waals surface area contributed by atoms with Crippen LogP contribution in [0.25, 0.3) is 0 Å². The fourth-order valence-corrected chi connectivity index (χ4v) is 2.54. The second kappa shape index (κ2) is 20.7. The highest BCUT2D eigenvalue weighted by Crippen LogP contribution is 2.07. The first-order valence-corrected chi connectivity index (χ1v) is 10.1. The van der Waals surface area contributed by atoms with Crippen LogP contribution in [0.1, 0.15) is 84.0 Å².